The molecular formula is C20H26N6O6S. The molecule has 0 aliphatic carbocycles. The molecule has 12 nitrogen and oxygen atoms in total. The van der Waals surface area contributed by atoms with Crippen molar-refractivity contribution in [3.8, 4) is 5.75 Å². The second-order valence-corrected chi connectivity index (χ2v) is 7.54. The predicted molar refractivity (Wildman–Crippen MR) is 120 cm³/mol. The minimum Gasteiger partial charge on any atom is -0.508 e. The Morgan fingerprint density at radius 1 is 1.03 bits per heavy atom. The van der Waals surface area contributed by atoms with Gasteiger partial charge in [0.15, 0.2) is 0 Å². The van der Waals surface area contributed by atoms with Crippen LogP contribution in [-0.2, 0) is 32.0 Å². The Morgan fingerprint density at radius 2 is 1.70 bits per heavy atom. The Labute approximate surface area is 194 Å². The minimum atomic E-state index is -1.24. The molecule has 0 spiro atoms. The van der Waals surface area contributed by atoms with E-state index in [2.05, 4.69) is 38.5 Å². The highest BCUT2D eigenvalue weighted by atomic mass is 32.1. The molecule has 8 N–H and O–H groups in total. The number of aliphatic carboxylic acids is 1. The molecule has 1 heterocycles. The number of hydrogen-bond donors (Lipinski definition) is 8. The Morgan fingerprint density at radius 3 is 2.27 bits per heavy atom. The maximum absolute atomic E-state index is 12.9. The lowest BCUT2D eigenvalue weighted by Gasteiger charge is -2.23. The van der Waals surface area contributed by atoms with Crippen molar-refractivity contribution in [2.75, 3.05) is 12.3 Å². The van der Waals surface area contributed by atoms with Crippen LogP contribution in [0.1, 0.15) is 11.3 Å². The predicted octanol–water partition coefficient (Wildman–Crippen LogP) is -1.67. The minimum absolute atomic E-state index is 0.0376. The van der Waals surface area contributed by atoms with Crippen LogP contribution in [-0.4, -0.2) is 74.3 Å². The fraction of sp³-hybridized carbons (Fsp3) is 0.350. The number of carboxylic acids is 1. The van der Waals surface area contributed by atoms with Gasteiger partial charge in [-0.15, -0.1) is 0 Å². The van der Waals surface area contributed by atoms with Gasteiger partial charge in [-0.05, 0) is 17.7 Å². The van der Waals surface area contributed by atoms with Crippen molar-refractivity contribution in [3.05, 3.63) is 48.0 Å². The van der Waals surface area contributed by atoms with Crippen LogP contribution in [0.2, 0.25) is 0 Å². The Kier molecular flexibility index (Phi) is 9.69. The molecule has 0 saturated heterocycles. The van der Waals surface area contributed by atoms with Crippen molar-refractivity contribution in [1.29, 1.82) is 0 Å². The van der Waals surface area contributed by atoms with Gasteiger partial charge in [-0.2, -0.15) is 12.6 Å². The number of aromatic amines is 1. The van der Waals surface area contributed by atoms with Gasteiger partial charge in [-0.3, -0.25) is 19.2 Å². The number of hydrogen-bond acceptors (Lipinski definition) is 8. The molecule has 0 aliphatic rings. The van der Waals surface area contributed by atoms with E-state index in [-0.39, 0.29) is 24.3 Å². The molecule has 1 aromatic heterocycles. The third-order valence-electron chi connectivity index (χ3n) is 4.57. The van der Waals surface area contributed by atoms with Gasteiger partial charge in [-0.25, -0.2) is 4.98 Å². The molecule has 0 aliphatic heterocycles. The molecule has 178 valence electrons. The maximum atomic E-state index is 12.9. The number of phenolic OH excluding ortho intramolecular Hbond substituents is 1. The van der Waals surface area contributed by atoms with E-state index in [1.165, 1.54) is 24.7 Å². The van der Waals surface area contributed by atoms with Crippen LogP contribution in [0.5, 0.6) is 5.75 Å². The molecule has 0 saturated carbocycles. The highest BCUT2D eigenvalue weighted by Crippen LogP contribution is 2.12. The number of carboxylic acid groups (broad SMARTS) is 1. The van der Waals surface area contributed by atoms with Gasteiger partial charge in [0.2, 0.25) is 17.7 Å². The van der Waals surface area contributed by atoms with E-state index in [9.17, 15) is 24.3 Å². The molecule has 0 radical (unpaired) electrons. The molecule has 33 heavy (non-hydrogen) atoms. The first-order chi connectivity index (χ1) is 15.7. The first-order valence-electron chi connectivity index (χ1n) is 9.91. The van der Waals surface area contributed by atoms with Crippen molar-refractivity contribution < 1.29 is 29.4 Å². The topological polar surface area (TPSA) is 200 Å². The molecule has 2 aromatic rings. The van der Waals surface area contributed by atoms with Crippen LogP contribution in [0.4, 0.5) is 0 Å². The van der Waals surface area contributed by atoms with Gasteiger partial charge in [0.05, 0.1) is 12.4 Å². The van der Waals surface area contributed by atoms with Gasteiger partial charge >= 0.3 is 5.97 Å². The lowest BCUT2D eigenvalue weighted by molar-refractivity contribution is -0.138. The fourth-order valence-electron chi connectivity index (χ4n) is 2.83. The standard InChI is InChI=1S/C20H26N6O6S/c21-14(6-12-7-22-10-24-12)18(30)25-15(5-11-1-3-13(27)4-2-11)20(32)26-16(9-33)19(31)23-8-17(28)29/h1-4,7,10,14-16,27,33H,5-6,8-9,21H2,(H,22,24)(H,23,31)(H,25,30)(H,26,32)(H,28,29). The van der Waals surface area contributed by atoms with Crippen molar-refractivity contribution in [3.63, 3.8) is 0 Å². The highest BCUT2D eigenvalue weighted by molar-refractivity contribution is 7.80. The van der Waals surface area contributed by atoms with Crippen LogP contribution in [0.25, 0.3) is 0 Å². The average Bonchev–Trinajstić information content (AvgIpc) is 3.29. The van der Waals surface area contributed by atoms with E-state index < -0.39 is 48.4 Å². The highest BCUT2D eigenvalue weighted by Gasteiger charge is 2.28. The van der Waals surface area contributed by atoms with Crippen LogP contribution in [0.15, 0.2) is 36.8 Å². The van der Waals surface area contributed by atoms with Gasteiger partial charge in [-0.1, -0.05) is 12.1 Å². The molecule has 1 aromatic carbocycles. The largest absolute Gasteiger partial charge is 0.508 e. The number of H-pyrrole nitrogens is 1. The zero-order valence-electron chi connectivity index (χ0n) is 17.5. The summed E-state index contributed by atoms with van der Waals surface area (Å²) in [5.74, 6) is -3.31. The van der Waals surface area contributed by atoms with E-state index in [1.54, 1.807) is 12.1 Å². The van der Waals surface area contributed by atoms with E-state index >= 15 is 0 Å². The van der Waals surface area contributed by atoms with Gasteiger partial charge < -0.3 is 36.9 Å². The number of aromatic nitrogens is 2. The average molecular weight is 479 g/mol. The van der Waals surface area contributed by atoms with Crippen LogP contribution in [0.3, 0.4) is 0 Å². The molecule has 3 amide bonds. The third-order valence-corrected chi connectivity index (χ3v) is 4.94. The van der Waals surface area contributed by atoms with Gasteiger partial charge in [0.25, 0.3) is 0 Å². The zero-order chi connectivity index (χ0) is 24.4. The summed E-state index contributed by atoms with van der Waals surface area (Å²) in [6.45, 7) is -0.616. The Hall–Kier alpha value is -3.58. The molecule has 3 unspecified atom stereocenters. The summed E-state index contributed by atoms with van der Waals surface area (Å²) in [4.78, 5) is 55.1. The number of imidazole rings is 1. The number of benzene rings is 1. The number of thiol groups is 1. The number of nitrogens with two attached hydrogens (primary N) is 1. The first kappa shape index (κ1) is 25.7. The number of nitrogens with one attached hydrogen (secondary N) is 4. The number of carbonyl (C=O) groups is 4. The summed E-state index contributed by atoms with van der Waals surface area (Å²) in [5, 5.41) is 25.4. The number of rotatable bonds is 12. The summed E-state index contributed by atoms with van der Waals surface area (Å²) in [5.41, 5.74) is 7.23. The number of nitrogens with zero attached hydrogens (tertiary/aromatic N) is 1. The summed E-state index contributed by atoms with van der Waals surface area (Å²) in [6.07, 6.45) is 3.19. The lowest BCUT2D eigenvalue weighted by atomic mass is 10.0. The number of carbonyl (C=O) groups excluding carboxylic acids is 3. The Balaban J connectivity index is 2.11. The summed E-state index contributed by atoms with van der Waals surface area (Å²) >= 11 is 4.04. The molecule has 0 fully saturated rings. The quantitative estimate of drug-likeness (QED) is 0.165. The van der Waals surface area contributed by atoms with Crippen LogP contribution >= 0.6 is 12.6 Å². The van der Waals surface area contributed by atoms with Crippen LogP contribution in [0, 0.1) is 0 Å². The molecular weight excluding hydrogens is 452 g/mol. The second-order valence-electron chi connectivity index (χ2n) is 7.17. The third kappa shape index (κ3) is 8.46. The van der Waals surface area contributed by atoms with Crippen molar-refractivity contribution in [2.24, 2.45) is 5.73 Å². The smallest absolute Gasteiger partial charge is 0.322 e. The van der Waals surface area contributed by atoms with E-state index in [4.69, 9.17) is 10.8 Å². The van der Waals surface area contributed by atoms with Crippen molar-refractivity contribution >= 4 is 36.3 Å². The van der Waals surface area contributed by atoms with Crippen molar-refractivity contribution in [1.82, 2.24) is 25.9 Å². The molecule has 13 heteroatoms. The molecule has 2 rings (SSSR count). The molecule has 3 atom stereocenters. The monoisotopic (exact) mass is 478 g/mol. The number of amides is 3. The molecule has 0 bridgehead atoms. The van der Waals surface area contributed by atoms with Gasteiger partial charge in [0.1, 0.15) is 24.4 Å². The summed E-state index contributed by atoms with van der Waals surface area (Å²) in [7, 11) is 0. The summed E-state index contributed by atoms with van der Waals surface area (Å²) < 4.78 is 0. The van der Waals surface area contributed by atoms with Crippen LogP contribution < -0.4 is 21.7 Å². The van der Waals surface area contributed by atoms with E-state index in [0.29, 0.717) is 11.3 Å². The number of aromatic hydroxyl groups is 1. The lowest BCUT2D eigenvalue weighted by Crippen LogP contribution is -2.57. The van der Waals surface area contributed by atoms with E-state index in [1.807, 2.05) is 0 Å². The Bertz CT molecular complexity index is 952. The summed E-state index contributed by atoms with van der Waals surface area (Å²) in [6, 6.07) is 2.84. The van der Waals surface area contributed by atoms with Gasteiger partial charge in [0, 0.05) is 30.5 Å². The van der Waals surface area contributed by atoms with E-state index in [0.717, 1.165) is 0 Å². The normalized spacial score (nSPS) is 13.4. The SMILES string of the molecule is NC(Cc1cnc[nH]1)C(=O)NC(Cc1ccc(O)cc1)C(=O)NC(CS)C(=O)NCC(=O)O. The maximum Gasteiger partial charge on any atom is 0.322 e. The second kappa shape index (κ2) is 12.5. The van der Waals surface area contributed by atoms with Crippen molar-refractivity contribution in [2.45, 2.75) is 31.0 Å². The first-order valence-corrected chi connectivity index (χ1v) is 10.5. The fourth-order valence-corrected chi connectivity index (χ4v) is 3.09. The zero-order valence-corrected chi connectivity index (χ0v) is 18.4. The number of phenols is 1.